The maximum atomic E-state index is 4.73. The van der Waals surface area contributed by atoms with Crippen molar-refractivity contribution in [2.45, 2.75) is 19.8 Å². The van der Waals surface area contributed by atoms with Crippen LogP contribution in [0.1, 0.15) is 18.5 Å². The molecule has 0 unspecified atom stereocenters. The van der Waals surface area contributed by atoms with E-state index in [9.17, 15) is 0 Å². The van der Waals surface area contributed by atoms with E-state index in [1.165, 1.54) is 12.8 Å². The average Bonchev–Trinajstić information content (AvgIpc) is 3.01. The summed E-state index contributed by atoms with van der Waals surface area (Å²) in [7, 11) is 2.01. The van der Waals surface area contributed by atoms with Crippen LogP contribution in [-0.2, 0) is 0 Å². The summed E-state index contributed by atoms with van der Waals surface area (Å²) >= 11 is 0. The summed E-state index contributed by atoms with van der Waals surface area (Å²) in [5, 5.41) is 0. The second-order valence-electron chi connectivity index (χ2n) is 5.26. The van der Waals surface area contributed by atoms with Crippen LogP contribution < -0.4 is 9.80 Å². The van der Waals surface area contributed by atoms with E-state index in [4.69, 9.17) is 4.98 Å². The molecule has 0 amide bonds. The number of aryl methyl sites for hydroxylation is 1. The number of hydrogen-bond donors (Lipinski definition) is 0. The van der Waals surface area contributed by atoms with Crippen LogP contribution >= 0.6 is 0 Å². The third-order valence-corrected chi connectivity index (χ3v) is 3.70. The van der Waals surface area contributed by atoms with Gasteiger partial charge in [0.1, 0.15) is 5.82 Å². The van der Waals surface area contributed by atoms with Crippen LogP contribution in [-0.4, -0.2) is 30.1 Å². The zero-order chi connectivity index (χ0) is 13.9. The molecule has 104 valence electrons. The molecule has 2 aromatic rings. The number of hydrogen-bond acceptors (Lipinski definition) is 4. The van der Waals surface area contributed by atoms with E-state index >= 15 is 0 Å². The van der Waals surface area contributed by atoms with E-state index in [1.54, 1.807) is 0 Å². The molecule has 0 atom stereocenters. The lowest BCUT2D eigenvalue weighted by Crippen LogP contribution is -2.21. The van der Waals surface area contributed by atoms with E-state index in [2.05, 4.69) is 28.1 Å². The van der Waals surface area contributed by atoms with Gasteiger partial charge in [0.05, 0.1) is 0 Å². The first-order valence-electron chi connectivity index (χ1n) is 7.13. The van der Waals surface area contributed by atoms with Gasteiger partial charge in [0.15, 0.2) is 0 Å². The van der Waals surface area contributed by atoms with Crippen LogP contribution in [0.25, 0.3) is 0 Å². The first-order valence-corrected chi connectivity index (χ1v) is 7.13. The second-order valence-corrected chi connectivity index (χ2v) is 5.26. The average molecular weight is 268 g/mol. The molecular formula is C16H20N4. The van der Waals surface area contributed by atoms with E-state index in [0.717, 1.165) is 36.2 Å². The SMILES string of the molecule is Cc1cc(N2CCCC2)nc(N(C)c2ccccc2)n1. The van der Waals surface area contributed by atoms with E-state index in [1.807, 2.05) is 37.1 Å². The van der Waals surface area contributed by atoms with Gasteiger partial charge in [-0.15, -0.1) is 0 Å². The maximum absolute atomic E-state index is 4.73. The molecule has 0 saturated carbocycles. The Morgan fingerprint density at radius 1 is 1.05 bits per heavy atom. The lowest BCUT2D eigenvalue weighted by Gasteiger charge is -2.21. The van der Waals surface area contributed by atoms with Crippen LogP contribution in [0.4, 0.5) is 17.5 Å². The molecule has 0 radical (unpaired) electrons. The highest BCUT2D eigenvalue weighted by Gasteiger charge is 2.16. The minimum atomic E-state index is 0.762. The summed E-state index contributed by atoms with van der Waals surface area (Å²) in [4.78, 5) is 13.7. The Morgan fingerprint density at radius 2 is 1.75 bits per heavy atom. The van der Waals surface area contributed by atoms with Crippen LogP contribution in [0.5, 0.6) is 0 Å². The molecule has 0 N–H and O–H groups in total. The van der Waals surface area contributed by atoms with Crippen LogP contribution in [0.15, 0.2) is 36.4 Å². The third-order valence-electron chi connectivity index (χ3n) is 3.70. The Labute approximate surface area is 120 Å². The minimum absolute atomic E-state index is 0.762. The Morgan fingerprint density at radius 3 is 2.45 bits per heavy atom. The molecule has 1 aliphatic heterocycles. The van der Waals surface area contributed by atoms with Crippen molar-refractivity contribution in [1.29, 1.82) is 0 Å². The topological polar surface area (TPSA) is 32.3 Å². The van der Waals surface area contributed by atoms with Gasteiger partial charge in [0, 0.05) is 37.6 Å². The van der Waals surface area contributed by atoms with Gasteiger partial charge in [-0.05, 0) is 31.9 Å². The zero-order valence-electron chi connectivity index (χ0n) is 12.1. The van der Waals surface area contributed by atoms with Gasteiger partial charge in [0.25, 0.3) is 0 Å². The first-order chi connectivity index (χ1) is 9.74. The fourth-order valence-corrected chi connectivity index (χ4v) is 2.56. The molecule has 4 heteroatoms. The van der Waals surface area contributed by atoms with Crippen LogP contribution in [0.3, 0.4) is 0 Å². The smallest absolute Gasteiger partial charge is 0.231 e. The summed E-state index contributed by atoms with van der Waals surface area (Å²) in [6, 6.07) is 12.3. The van der Waals surface area contributed by atoms with Crippen molar-refractivity contribution in [2.24, 2.45) is 0 Å². The largest absolute Gasteiger partial charge is 0.356 e. The molecule has 1 fully saturated rings. The van der Waals surface area contributed by atoms with Crippen molar-refractivity contribution in [1.82, 2.24) is 9.97 Å². The molecule has 20 heavy (non-hydrogen) atoms. The second kappa shape index (κ2) is 5.49. The van der Waals surface area contributed by atoms with Crippen LogP contribution in [0.2, 0.25) is 0 Å². The standard InChI is InChI=1S/C16H20N4/c1-13-12-15(20-10-6-7-11-20)18-16(17-13)19(2)14-8-4-3-5-9-14/h3-5,8-9,12H,6-7,10-11H2,1-2H3. The number of rotatable bonds is 3. The monoisotopic (exact) mass is 268 g/mol. The van der Waals surface area contributed by atoms with Gasteiger partial charge in [-0.3, -0.25) is 0 Å². The third kappa shape index (κ3) is 2.59. The molecular weight excluding hydrogens is 248 g/mol. The van der Waals surface area contributed by atoms with E-state index < -0.39 is 0 Å². The predicted octanol–water partition coefficient (Wildman–Crippen LogP) is 3.15. The quantitative estimate of drug-likeness (QED) is 0.856. The lowest BCUT2D eigenvalue weighted by molar-refractivity contribution is 0.909. The normalized spacial score (nSPS) is 14.6. The van der Waals surface area contributed by atoms with Crippen molar-refractivity contribution in [2.75, 3.05) is 29.9 Å². The van der Waals surface area contributed by atoms with Crippen LogP contribution in [0, 0.1) is 6.92 Å². The Balaban J connectivity index is 1.93. The Kier molecular flexibility index (Phi) is 3.54. The van der Waals surface area contributed by atoms with Gasteiger partial charge in [-0.2, -0.15) is 4.98 Å². The zero-order valence-corrected chi connectivity index (χ0v) is 12.1. The molecule has 1 aromatic heterocycles. The molecule has 4 nitrogen and oxygen atoms in total. The van der Waals surface area contributed by atoms with Crippen molar-refractivity contribution in [3.05, 3.63) is 42.1 Å². The first kappa shape index (κ1) is 12.9. The van der Waals surface area contributed by atoms with Crippen molar-refractivity contribution < 1.29 is 0 Å². The van der Waals surface area contributed by atoms with Gasteiger partial charge < -0.3 is 9.80 Å². The molecule has 1 aliphatic rings. The molecule has 3 rings (SSSR count). The number of nitrogens with zero attached hydrogens (tertiary/aromatic N) is 4. The number of aromatic nitrogens is 2. The van der Waals surface area contributed by atoms with Gasteiger partial charge in [0.2, 0.25) is 5.95 Å². The number of benzene rings is 1. The highest BCUT2D eigenvalue weighted by Crippen LogP contribution is 2.24. The minimum Gasteiger partial charge on any atom is -0.356 e. The summed E-state index contributed by atoms with van der Waals surface area (Å²) in [5.41, 5.74) is 2.12. The Bertz CT molecular complexity index is 576. The van der Waals surface area contributed by atoms with Crippen molar-refractivity contribution in [3.8, 4) is 0 Å². The summed E-state index contributed by atoms with van der Waals surface area (Å²) in [6.07, 6.45) is 2.51. The summed E-state index contributed by atoms with van der Waals surface area (Å²) < 4.78 is 0. The molecule has 2 heterocycles. The van der Waals surface area contributed by atoms with E-state index in [0.29, 0.717) is 0 Å². The Hall–Kier alpha value is -2.10. The fourth-order valence-electron chi connectivity index (χ4n) is 2.56. The van der Waals surface area contributed by atoms with Crippen molar-refractivity contribution in [3.63, 3.8) is 0 Å². The predicted molar refractivity (Wildman–Crippen MR) is 82.7 cm³/mol. The van der Waals surface area contributed by atoms with E-state index in [-0.39, 0.29) is 0 Å². The molecule has 1 saturated heterocycles. The highest BCUT2D eigenvalue weighted by molar-refractivity contribution is 5.58. The van der Waals surface area contributed by atoms with Gasteiger partial charge in [-0.1, -0.05) is 18.2 Å². The van der Waals surface area contributed by atoms with Crippen molar-refractivity contribution >= 4 is 17.5 Å². The highest BCUT2D eigenvalue weighted by atomic mass is 15.3. The van der Waals surface area contributed by atoms with Gasteiger partial charge in [-0.25, -0.2) is 4.98 Å². The molecule has 0 aliphatic carbocycles. The molecule has 0 bridgehead atoms. The fraction of sp³-hybridized carbons (Fsp3) is 0.375. The maximum Gasteiger partial charge on any atom is 0.231 e. The molecule has 1 aromatic carbocycles. The lowest BCUT2D eigenvalue weighted by atomic mass is 10.3. The number of para-hydroxylation sites is 1. The summed E-state index contributed by atoms with van der Waals surface area (Å²) in [5.74, 6) is 1.81. The van der Waals surface area contributed by atoms with Gasteiger partial charge >= 0.3 is 0 Å². The molecule has 0 spiro atoms. The number of anilines is 3. The summed E-state index contributed by atoms with van der Waals surface area (Å²) in [6.45, 7) is 4.24.